The van der Waals surface area contributed by atoms with Gasteiger partial charge in [-0.2, -0.15) is 5.26 Å². The maximum atomic E-state index is 13.6. The van der Waals surface area contributed by atoms with E-state index in [1.165, 1.54) is 11.6 Å². The molecular weight excluding hydrogens is 320 g/mol. The maximum absolute atomic E-state index is 13.6. The van der Waals surface area contributed by atoms with Crippen molar-refractivity contribution in [2.45, 2.75) is 13.3 Å². The quantitative estimate of drug-likeness (QED) is 0.754. The van der Waals surface area contributed by atoms with Crippen molar-refractivity contribution in [2.24, 2.45) is 0 Å². The van der Waals surface area contributed by atoms with Crippen LogP contribution in [-0.4, -0.2) is 4.98 Å². The predicted molar refractivity (Wildman–Crippen MR) is 93.5 cm³/mol. The molecule has 0 saturated carbocycles. The maximum Gasteiger partial charge on any atom is 0.159 e. The molecule has 2 N–H and O–H groups in total. The molecule has 0 unspecified atom stereocenters. The van der Waals surface area contributed by atoms with Gasteiger partial charge in [-0.3, -0.25) is 0 Å². The Morgan fingerprint density at radius 2 is 1.68 bits per heavy atom. The zero-order valence-corrected chi connectivity index (χ0v) is 13.6. The van der Waals surface area contributed by atoms with Crippen LogP contribution in [0.5, 0.6) is 0 Å². The molecule has 0 fully saturated rings. The Kier molecular flexibility index (Phi) is 4.44. The third-order valence-electron chi connectivity index (χ3n) is 4.05. The van der Waals surface area contributed by atoms with Crippen molar-refractivity contribution in [3.63, 3.8) is 0 Å². The summed E-state index contributed by atoms with van der Waals surface area (Å²) in [5, 5.41) is 9.38. The minimum Gasteiger partial charge on any atom is -0.383 e. The Balaban J connectivity index is 2.18. The number of nitrogen functional groups attached to an aromatic ring is 1. The van der Waals surface area contributed by atoms with E-state index >= 15 is 0 Å². The van der Waals surface area contributed by atoms with Gasteiger partial charge in [-0.05, 0) is 35.7 Å². The molecule has 0 aliphatic rings. The Morgan fingerprint density at radius 3 is 2.28 bits per heavy atom. The highest BCUT2D eigenvalue weighted by Gasteiger charge is 2.15. The van der Waals surface area contributed by atoms with Crippen molar-refractivity contribution in [3.05, 3.63) is 71.3 Å². The summed E-state index contributed by atoms with van der Waals surface area (Å²) in [5.74, 6) is -1.87. The number of benzene rings is 2. The van der Waals surface area contributed by atoms with Crippen molar-refractivity contribution in [3.8, 4) is 28.5 Å². The number of halogens is 2. The fourth-order valence-electron chi connectivity index (χ4n) is 2.63. The topological polar surface area (TPSA) is 62.7 Å². The molecule has 0 bridgehead atoms. The van der Waals surface area contributed by atoms with E-state index < -0.39 is 11.6 Å². The number of aromatic nitrogens is 1. The average molecular weight is 335 g/mol. The van der Waals surface area contributed by atoms with E-state index in [2.05, 4.69) is 11.9 Å². The Hall–Kier alpha value is -3.26. The molecule has 3 rings (SSSR count). The van der Waals surface area contributed by atoms with Crippen LogP contribution in [0.2, 0.25) is 0 Å². The number of nitrogens with zero attached hydrogens (tertiary/aromatic N) is 2. The zero-order valence-electron chi connectivity index (χ0n) is 13.6. The summed E-state index contributed by atoms with van der Waals surface area (Å²) in [7, 11) is 0. The fourth-order valence-corrected chi connectivity index (χ4v) is 2.63. The molecule has 1 heterocycles. The number of nitriles is 1. The third kappa shape index (κ3) is 3.20. The second-order valence-corrected chi connectivity index (χ2v) is 5.61. The number of aryl methyl sites for hydroxylation is 1. The molecule has 0 aliphatic heterocycles. The van der Waals surface area contributed by atoms with Gasteiger partial charge in [-0.25, -0.2) is 13.8 Å². The van der Waals surface area contributed by atoms with Crippen LogP contribution in [0.4, 0.5) is 14.6 Å². The normalized spacial score (nSPS) is 10.5. The van der Waals surface area contributed by atoms with E-state index in [-0.39, 0.29) is 11.4 Å². The molecular formula is C20H15F2N3. The van der Waals surface area contributed by atoms with Gasteiger partial charge in [0.15, 0.2) is 11.6 Å². The summed E-state index contributed by atoms with van der Waals surface area (Å²) >= 11 is 0. The van der Waals surface area contributed by atoms with Gasteiger partial charge >= 0.3 is 0 Å². The van der Waals surface area contributed by atoms with Crippen LogP contribution in [0.25, 0.3) is 22.4 Å². The predicted octanol–water partition coefficient (Wildman–Crippen LogP) is 4.71. The summed E-state index contributed by atoms with van der Waals surface area (Å²) in [6.07, 6.45) is 0.920. The lowest BCUT2D eigenvalue weighted by Gasteiger charge is -2.11. The van der Waals surface area contributed by atoms with Gasteiger partial charge in [-0.15, -0.1) is 0 Å². The van der Waals surface area contributed by atoms with E-state index in [1.807, 2.05) is 30.3 Å². The van der Waals surface area contributed by atoms with E-state index in [4.69, 9.17) is 5.73 Å². The molecule has 0 amide bonds. The lowest BCUT2D eigenvalue weighted by molar-refractivity contribution is 0.509. The lowest BCUT2D eigenvalue weighted by Crippen LogP contribution is -2.00. The monoisotopic (exact) mass is 335 g/mol. The second kappa shape index (κ2) is 6.70. The smallest absolute Gasteiger partial charge is 0.159 e. The minimum atomic E-state index is -0.981. The summed E-state index contributed by atoms with van der Waals surface area (Å²) < 4.78 is 26.8. The SMILES string of the molecule is CCc1ccc(-c2cc(-c3ccc(F)c(F)c3)c(C#N)c(N)n2)cc1. The van der Waals surface area contributed by atoms with Crippen molar-refractivity contribution >= 4 is 5.82 Å². The van der Waals surface area contributed by atoms with Gasteiger partial charge in [0.05, 0.1) is 5.69 Å². The second-order valence-electron chi connectivity index (χ2n) is 5.61. The Bertz CT molecular complexity index is 973. The molecule has 0 radical (unpaired) electrons. The zero-order chi connectivity index (χ0) is 18.0. The number of rotatable bonds is 3. The minimum absolute atomic E-state index is 0.0549. The Morgan fingerprint density at radius 1 is 1.00 bits per heavy atom. The van der Waals surface area contributed by atoms with E-state index in [1.54, 1.807) is 6.07 Å². The molecule has 1 aromatic heterocycles. The number of anilines is 1. The standard InChI is InChI=1S/C20H15F2N3/c1-2-12-3-5-13(6-4-12)19-10-15(16(11-23)20(24)25-19)14-7-8-17(21)18(22)9-14/h3-10H,2H2,1H3,(H2,24,25). The lowest BCUT2D eigenvalue weighted by atomic mass is 9.98. The first kappa shape index (κ1) is 16.6. The highest BCUT2D eigenvalue weighted by atomic mass is 19.2. The summed E-state index contributed by atoms with van der Waals surface area (Å²) in [4.78, 5) is 4.28. The molecule has 3 aromatic rings. The van der Waals surface area contributed by atoms with Crippen LogP contribution < -0.4 is 5.73 Å². The molecule has 5 heteroatoms. The highest BCUT2D eigenvalue weighted by molar-refractivity contribution is 5.80. The molecule has 0 spiro atoms. The number of hydrogen-bond donors (Lipinski definition) is 1. The van der Waals surface area contributed by atoms with Gasteiger partial charge in [0.1, 0.15) is 17.5 Å². The first-order valence-electron chi connectivity index (χ1n) is 7.78. The van der Waals surface area contributed by atoms with Crippen LogP contribution in [0.3, 0.4) is 0 Å². The Labute approximate surface area is 144 Å². The van der Waals surface area contributed by atoms with Crippen LogP contribution in [0.15, 0.2) is 48.5 Å². The van der Waals surface area contributed by atoms with Gasteiger partial charge in [-0.1, -0.05) is 37.3 Å². The van der Waals surface area contributed by atoms with Crippen LogP contribution in [0, 0.1) is 23.0 Å². The summed E-state index contributed by atoms with van der Waals surface area (Å²) in [5.41, 5.74) is 9.45. The third-order valence-corrected chi connectivity index (χ3v) is 4.05. The summed E-state index contributed by atoms with van der Waals surface area (Å²) in [6.45, 7) is 2.06. The molecule has 0 aliphatic carbocycles. The largest absolute Gasteiger partial charge is 0.383 e. The summed E-state index contributed by atoms with van der Waals surface area (Å²) in [6, 6.07) is 15.0. The molecule has 2 aromatic carbocycles. The van der Waals surface area contributed by atoms with Crippen molar-refractivity contribution < 1.29 is 8.78 Å². The van der Waals surface area contributed by atoms with E-state index in [0.29, 0.717) is 16.8 Å². The van der Waals surface area contributed by atoms with Crippen molar-refractivity contribution in [2.75, 3.05) is 5.73 Å². The number of hydrogen-bond acceptors (Lipinski definition) is 3. The fraction of sp³-hybridized carbons (Fsp3) is 0.100. The average Bonchev–Trinajstić information content (AvgIpc) is 2.63. The van der Waals surface area contributed by atoms with E-state index in [0.717, 1.165) is 24.1 Å². The van der Waals surface area contributed by atoms with Crippen molar-refractivity contribution in [1.29, 1.82) is 5.26 Å². The van der Waals surface area contributed by atoms with E-state index in [9.17, 15) is 14.0 Å². The molecule has 0 atom stereocenters. The molecule has 0 saturated heterocycles. The van der Waals surface area contributed by atoms with Crippen LogP contribution in [-0.2, 0) is 6.42 Å². The van der Waals surface area contributed by atoms with Gasteiger partial charge < -0.3 is 5.73 Å². The van der Waals surface area contributed by atoms with Crippen LogP contribution in [0.1, 0.15) is 18.1 Å². The number of nitrogens with two attached hydrogens (primary N) is 1. The van der Waals surface area contributed by atoms with Gasteiger partial charge in [0.2, 0.25) is 0 Å². The number of pyridine rings is 1. The van der Waals surface area contributed by atoms with Crippen molar-refractivity contribution in [1.82, 2.24) is 4.98 Å². The van der Waals surface area contributed by atoms with Gasteiger partial charge in [0.25, 0.3) is 0 Å². The molecule has 3 nitrogen and oxygen atoms in total. The van der Waals surface area contributed by atoms with Gasteiger partial charge in [0, 0.05) is 11.1 Å². The van der Waals surface area contributed by atoms with Crippen LogP contribution >= 0.6 is 0 Å². The highest BCUT2D eigenvalue weighted by Crippen LogP contribution is 2.32. The molecule has 124 valence electrons. The first-order valence-corrected chi connectivity index (χ1v) is 7.78. The molecule has 25 heavy (non-hydrogen) atoms. The first-order chi connectivity index (χ1) is 12.0.